The van der Waals surface area contributed by atoms with Crippen molar-refractivity contribution in [3.8, 4) is 0 Å². The number of aromatic nitrogens is 1. The van der Waals surface area contributed by atoms with E-state index in [2.05, 4.69) is 10.5 Å². The van der Waals surface area contributed by atoms with Gasteiger partial charge in [-0.25, -0.2) is 4.79 Å². The van der Waals surface area contributed by atoms with Crippen molar-refractivity contribution in [3.05, 3.63) is 17.5 Å². The molecule has 0 bridgehead atoms. The number of carbonyl (C=O) groups excluding carboxylic acids is 2. The second kappa shape index (κ2) is 7.02. The van der Waals surface area contributed by atoms with Gasteiger partial charge in [0.2, 0.25) is 5.91 Å². The van der Waals surface area contributed by atoms with Crippen LogP contribution >= 0.6 is 0 Å². The molecule has 1 fully saturated rings. The normalized spacial score (nSPS) is 16.2. The molecular weight excluding hydrogens is 296 g/mol. The van der Waals surface area contributed by atoms with E-state index in [0.717, 1.165) is 12.1 Å². The first-order valence-corrected chi connectivity index (χ1v) is 8.02. The van der Waals surface area contributed by atoms with Crippen molar-refractivity contribution < 1.29 is 14.1 Å². The Morgan fingerprint density at radius 1 is 1.22 bits per heavy atom. The molecule has 0 atom stereocenters. The van der Waals surface area contributed by atoms with Crippen LogP contribution in [0.25, 0.3) is 0 Å². The Morgan fingerprint density at radius 2 is 1.87 bits per heavy atom. The molecule has 0 radical (unpaired) electrons. The third-order valence-electron chi connectivity index (χ3n) is 3.62. The highest BCUT2D eigenvalue weighted by atomic mass is 16.5. The second-order valence-electron chi connectivity index (χ2n) is 7.01. The molecule has 2 rings (SSSR count). The van der Waals surface area contributed by atoms with Crippen molar-refractivity contribution in [2.24, 2.45) is 0 Å². The molecule has 0 aromatic carbocycles. The first-order chi connectivity index (χ1) is 10.7. The van der Waals surface area contributed by atoms with Gasteiger partial charge < -0.3 is 19.6 Å². The van der Waals surface area contributed by atoms with E-state index in [-0.39, 0.29) is 23.9 Å². The van der Waals surface area contributed by atoms with Crippen molar-refractivity contribution in [2.75, 3.05) is 26.2 Å². The van der Waals surface area contributed by atoms with Gasteiger partial charge in [0.25, 0.3) is 0 Å². The van der Waals surface area contributed by atoms with Gasteiger partial charge >= 0.3 is 6.03 Å². The van der Waals surface area contributed by atoms with Crippen molar-refractivity contribution in [1.82, 2.24) is 20.3 Å². The Bertz CT molecular complexity index is 562. The number of carbonyl (C=O) groups is 2. The predicted octanol–water partition coefficient (Wildman–Crippen LogP) is 1.57. The van der Waals surface area contributed by atoms with Crippen LogP contribution in [0.15, 0.2) is 10.6 Å². The first-order valence-electron chi connectivity index (χ1n) is 8.02. The topological polar surface area (TPSA) is 78.7 Å². The van der Waals surface area contributed by atoms with Crippen LogP contribution in [0, 0.1) is 6.92 Å². The van der Waals surface area contributed by atoms with Crippen molar-refractivity contribution in [1.29, 1.82) is 0 Å². The average molecular weight is 322 g/mol. The van der Waals surface area contributed by atoms with Crippen molar-refractivity contribution in [3.63, 3.8) is 0 Å². The number of hydrogen-bond donors (Lipinski definition) is 1. The van der Waals surface area contributed by atoms with Crippen LogP contribution in [0.2, 0.25) is 0 Å². The summed E-state index contributed by atoms with van der Waals surface area (Å²) < 4.78 is 5.10. The lowest BCUT2D eigenvalue weighted by Gasteiger charge is -2.27. The number of urea groups is 1. The fraction of sp³-hybridized carbons (Fsp3) is 0.688. The standard InChI is InChI=1S/C16H26N4O3/c1-12-10-13(23-18-12)11-14(21)19-6-5-7-20(9-8-19)15(22)17-16(2,3)4/h10H,5-9,11H2,1-4H3,(H,17,22). The lowest BCUT2D eigenvalue weighted by Crippen LogP contribution is -2.49. The van der Waals surface area contributed by atoms with E-state index in [1.807, 2.05) is 27.7 Å². The Kier molecular flexibility index (Phi) is 5.28. The summed E-state index contributed by atoms with van der Waals surface area (Å²) in [6.45, 7) is 10.1. The van der Waals surface area contributed by atoms with Gasteiger partial charge in [0.05, 0.1) is 12.1 Å². The zero-order valence-electron chi connectivity index (χ0n) is 14.4. The van der Waals surface area contributed by atoms with Gasteiger partial charge in [-0.3, -0.25) is 4.79 Å². The van der Waals surface area contributed by atoms with E-state index in [1.165, 1.54) is 0 Å². The molecule has 23 heavy (non-hydrogen) atoms. The molecule has 128 valence electrons. The van der Waals surface area contributed by atoms with Crippen LogP contribution < -0.4 is 5.32 Å². The highest BCUT2D eigenvalue weighted by Crippen LogP contribution is 2.10. The van der Waals surface area contributed by atoms with Crippen LogP contribution in [-0.4, -0.2) is 58.6 Å². The molecule has 1 aliphatic heterocycles. The smallest absolute Gasteiger partial charge is 0.317 e. The lowest BCUT2D eigenvalue weighted by atomic mass is 10.1. The Morgan fingerprint density at radius 3 is 2.48 bits per heavy atom. The second-order valence-corrected chi connectivity index (χ2v) is 7.01. The van der Waals surface area contributed by atoms with Gasteiger partial charge in [0.15, 0.2) is 0 Å². The number of rotatable bonds is 2. The van der Waals surface area contributed by atoms with Crippen molar-refractivity contribution in [2.45, 2.75) is 46.1 Å². The van der Waals surface area contributed by atoms with Crippen LogP contribution in [0.5, 0.6) is 0 Å². The van der Waals surface area contributed by atoms with Gasteiger partial charge in [-0.15, -0.1) is 0 Å². The van der Waals surface area contributed by atoms with E-state index in [1.54, 1.807) is 15.9 Å². The Labute approximate surface area is 137 Å². The van der Waals surface area contributed by atoms with Gasteiger partial charge in [0, 0.05) is 37.8 Å². The zero-order valence-corrected chi connectivity index (χ0v) is 14.4. The molecule has 7 nitrogen and oxygen atoms in total. The monoisotopic (exact) mass is 322 g/mol. The van der Waals surface area contributed by atoms with Gasteiger partial charge in [0.1, 0.15) is 5.76 Å². The minimum absolute atomic E-state index is 0.0132. The summed E-state index contributed by atoms with van der Waals surface area (Å²) in [6.07, 6.45) is 0.994. The molecule has 0 spiro atoms. The highest BCUT2D eigenvalue weighted by Gasteiger charge is 2.24. The lowest BCUT2D eigenvalue weighted by molar-refractivity contribution is -0.130. The summed E-state index contributed by atoms with van der Waals surface area (Å²) in [6, 6.07) is 1.70. The third-order valence-corrected chi connectivity index (χ3v) is 3.62. The van der Waals surface area contributed by atoms with E-state index in [4.69, 9.17) is 4.52 Å². The highest BCUT2D eigenvalue weighted by molar-refractivity contribution is 5.78. The summed E-state index contributed by atoms with van der Waals surface area (Å²) in [5, 5.41) is 6.76. The molecule has 1 aliphatic rings. The van der Waals surface area contributed by atoms with E-state index < -0.39 is 0 Å². The maximum Gasteiger partial charge on any atom is 0.317 e. The molecule has 7 heteroatoms. The first kappa shape index (κ1) is 17.3. The number of aryl methyl sites for hydroxylation is 1. The van der Waals surface area contributed by atoms with E-state index in [9.17, 15) is 9.59 Å². The Hall–Kier alpha value is -2.05. The molecule has 1 aromatic rings. The van der Waals surface area contributed by atoms with Gasteiger partial charge in [-0.05, 0) is 34.1 Å². The molecule has 1 saturated heterocycles. The van der Waals surface area contributed by atoms with Gasteiger partial charge in [-0.2, -0.15) is 0 Å². The van der Waals surface area contributed by atoms with Crippen LogP contribution in [0.3, 0.4) is 0 Å². The number of nitrogens with zero attached hydrogens (tertiary/aromatic N) is 3. The number of hydrogen-bond acceptors (Lipinski definition) is 4. The molecule has 0 unspecified atom stereocenters. The predicted molar refractivity (Wildman–Crippen MR) is 86.0 cm³/mol. The third kappa shape index (κ3) is 5.26. The zero-order chi connectivity index (χ0) is 17.0. The maximum atomic E-state index is 12.4. The van der Waals surface area contributed by atoms with Crippen molar-refractivity contribution >= 4 is 11.9 Å². The average Bonchev–Trinajstić information content (AvgIpc) is 2.71. The summed E-state index contributed by atoms with van der Waals surface area (Å²) in [4.78, 5) is 28.1. The molecular formula is C16H26N4O3. The Balaban J connectivity index is 1.88. The maximum absolute atomic E-state index is 12.4. The molecule has 3 amide bonds. The van der Waals surface area contributed by atoms with Crippen LogP contribution in [0.1, 0.15) is 38.6 Å². The quantitative estimate of drug-likeness (QED) is 0.896. The largest absolute Gasteiger partial charge is 0.361 e. The molecule has 0 aliphatic carbocycles. The number of nitrogens with one attached hydrogen (secondary N) is 1. The minimum atomic E-state index is -0.261. The molecule has 1 N–H and O–H groups in total. The van der Waals surface area contributed by atoms with Crippen LogP contribution in [0.4, 0.5) is 4.79 Å². The minimum Gasteiger partial charge on any atom is -0.361 e. The summed E-state index contributed by atoms with van der Waals surface area (Å²) >= 11 is 0. The molecule has 2 heterocycles. The fourth-order valence-electron chi connectivity index (χ4n) is 2.53. The molecule has 0 saturated carbocycles. The summed E-state index contributed by atoms with van der Waals surface area (Å²) in [5.74, 6) is 0.596. The van der Waals surface area contributed by atoms with Crippen LogP contribution in [-0.2, 0) is 11.2 Å². The summed E-state index contributed by atoms with van der Waals surface area (Å²) in [7, 11) is 0. The van der Waals surface area contributed by atoms with E-state index in [0.29, 0.717) is 31.9 Å². The molecule has 1 aromatic heterocycles. The van der Waals surface area contributed by atoms with E-state index >= 15 is 0 Å². The number of amides is 3. The fourth-order valence-corrected chi connectivity index (χ4v) is 2.53. The van der Waals surface area contributed by atoms with Gasteiger partial charge in [-0.1, -0.05) is 5.16 Å². The SMILES string of the molecule is Cc1cc(CC(=O)N2CCCN(C(=O)NC(C)(C)C)CC2)on1. The summed E-state index contributed by atoms with van der Waals surface area (Å²) in [5.41, 5.74) is 0.511.